The maximum absolute atomic E-state index is 14.8. The molecule has 6 nitrogen and oxygen atoms in total. The molecule has 1 aromatic carbocycles. The summed E-state index contributed by atoms with van der Waals surface area (Å²) in [7, 11) is -4.74. The highest BCUT2D eigenvalue weighted by molar-refractivity contribution is 7.84. The van der Waals surface area contributed by atoms with Crippen molar-refractivity contribution >= 4 is 29.5 Å². The second kappa shape index (κ2) is 9.50. The van der Waals surface area contributed by atoms with Gasteiger partial charge in [0.05, 0.1) is 40.4 Å². The molecule has 1 rings (SSSR count). The molecule has 0 aliphatic carbocycles. The van der Waals surface area contributed by atoms with Gasteiger partial charge in [0.1, 0.15) is 11.6 Å². The molecular weight excluding hydrogens is 424 g/mol. The molecule has 2 atom stereocenters. The van der Waals surface area contributed by atoms with Crippen LogP contribution in [0, 0.1) is 11.6 Å². The van der Waals surface area contributed by atoms with Crippen LogP contribution in [0.15, 0.2) is 6.07 Å². The zero-order chi connectivity index (χ0) is 22.7. The van der Waals surface area contributed by atoms with Crippen molar-refractivity contribution in [2.75, 3.05) is 6.61 Å². The Labute approximate surface area is 167 Å². The predicted octanol–water partition coefficient (Wildman–Crippen LogP) is 1.71. The lowest BCUT2D eigenvalue weighted by Gasteiger charge is -2.26. The van der Waals surface area contributed by atoms with Crippen LogP contribution in [0.3, 0.4) is 0 Å². The second-order valence-corrected chi connectivity index (χ2v) is 8.99. The highest BCUT2D eigenvalue weighted by Gasteiger charge is 2.41. The van der Waals surface area contributed by atoms with E-state index in [1.165, 1.54) is 27.7 Å². The van der Waals surface area contributed by atoms with Gasteiger partial charge >= 0.3 is 19.3 Å². The highest BCUT2D eigenvalue weighted by Crippen LogP contribution is 2.36. The maximum atomic E-state index is 14.8. The summed E-state index contributed by atoms with van der Waals surface area (Å²) in [6.45, 7) is 5.79. The Bertz CT molecular complexity index is 782. The molecule has 0 amide bonds. The van der Waals surface area contributed by atoms with Gasteiger partial charge in [0.15, 0.2) is 0 Å². The van der Waals surface area contributed by atoms with Gasteiger partial charge in [-0.2, -0.15) is 13.2 Å². The average molecular weight is 445 g/mol. The molecule has 13 heteroatoms. The molecule has 0 fully saturated rings. The van der Waals surface area contributed by atoms with Crippen LogP contribution in [-0.2, 0) is 26.7 Å². The average Bonchev–Trinajstić information content (AvgIpc) is 2.52. The third-order valence-corrected chi connectivity index (χ3v) is 5.29. The summed E-state index contributed by atoms with van der Waals surface area (Å²) < 4.78 is 87.4. The van der Waals surface area contributed by atoms with Crippen molar-refractivity contribution in [3.05, 3.63) is 28.8 Å². The lowest BCUT2D eigenvalue weighted by molar-refractivity contribution is -0.143. The molecule has 0 radical (unpaired) electrons. The minimum Gasteiger partial charge on any atom is -0.466 e. The van der Waals surface area contributed by atoms with Crippen molar-refractivity contribution in [2.24, 2.45) is 0 Å². The molecule has 0 bridgehead atoms. The van der Waals surface area contributed by atoms with Crippen molar-refractivity contribution in [3.8, 4) is 0 Å². The molecule has 0 saturated heterocycles. The minimum atomic E-state index is -5.30. The van der Waals surface area contributed by atoms with Gasteiger partial charge < -0.3 is 14.8 Å². The van der Waals surface area contributed by atoms with E-state index in [1.54, 1.807) is 0 Å². The van der Waals surface area contributed by atoms with Crippen molar-refractivity contribution in [1.82, 2.24) is 4.72 Å². The fraction of sp³-hybridized carbons (Fsp3) is 0.562. The lowest BCUT2D eigenvalue weighted by atomic mass is 9.76. The molecule has 0 aromatic heterocycles. The van der Waals surface area contributed by atoms with Gasteiger partial charge in [-0.1, -0.05) is 0 Å². The van der Waals surface area contributed by atoms with Crippen molar-refractivity contribution in [3.63, 3.8) is 0 Å². The van der Waals surface area contributed by atoms with Crippen LogP contribution in [0.25, 0.3) is 0 Å². The van der Waals surface area contributed by atoms with Crippen LogP contribution in [0.4, 0.5) is 22.0 Å². The molecule has 0 aliphatic rings. The Hall–Kier alpha value is -1.57. The van der Waals surface area contributed by atoms with Crippen LogP contribution in [0.2, 0.25) is 0 Å². The Morgan fingerprint density at radius 1 is 1.24 bits per heavy atom. The van der Waals surface area contributed by atoms with Crippen LogP contribution in [-0.4, -0.2) is 38.7 Å². The first-order chi connectivity index (χ1) is 13.1. The largest absolute Gasteiger partial charge is 0.491 e. The SMILES string of the molecule is CCOC(=O)C[C@H](N[S@](=O)C(C)(C)C)c1c(F)c(B(O)O)cc(C(F)(F)F)c1F. The topological polar surface area (TPSA) is 95.9 Å². The number of hydrogen-bond donors (Lipinski definition) is 3. The number of carbonyl (C=O) groups excluding carboxylic acids is 1. The molecule has 1 aromatic rings. The molecule has 0 spiro atoms. The molecule has 0 unspecified atom stereocenters. The van der Waals surface area contributed by atoms with Gasteiger partial charge in [-0.25, -0.2) is 17.7 Å². The van der Waals surface area contributed by atoms with Crippen LogP contribution in [0.5, 0.6) is 0 Å². The molecular formula is C16H21BF5NO5S. The normalized spacial score (nSPS) is 14.4. The molecule has 164 valence electrons. The fourth-order valence-corrected chi connectivity index (χ4v) is 3.09. The second-order valence-electron chi connectivity index (χ2n) is 6.99. The van der Waals surface area contributed by atoms with Gasteiger partial charge in [0.2, 0.25) is 0 Å². The predicted molar refractivity (Wildman–Crippen MR) is 96.2 cm³/mol. The van der Waals surface area contributed by atoms with E-state index in [4.69, 9.17) is 0 Å². The molecule has 0 heterocycles. The number of ether oxygens (including phenoxy) is 1. The van der Waals surface area contributed by atoms with Crippen molar-refractivity contribution in [2.45, 2.75) is 51.1 Å². The van der Waals surface area contributed by atoms with E-state index < -0.39 is 75.7 Å². The summed E-state index contributed by atoms with van der Waals surface area (Å²) in [5.41, 5.74) is -4.51. The maximum Gasteiger partial charge on any atom is 0.491 e. The van der Waals surface area contributed by atoms with E-state index in [9.17, 15) is 41.0 Å². The molecule has 0 aliphatic heterocycles. The van der Waals surface area contributed by atoms with E-state index in [0.29, 0.717) is 0 Å². The van der Waals surface area contributed by atoms with Crippen molar-refractivity contribution in [1.29, 1.82) is 0 Å². The highest BCUT2D eigenvalue weighted by atomic mass is 32.2. The van der Waals surface area contributed by atoms with E-state index in [0.717, 1.165) is 0 Å². The summed E-state index contributed by atoms with van der Waals surface area (Å²) in [6, 6.07) is -1.91. The van der Waals surface area contributed by atoms with Gasteiger partial charge in [0, 0.05) is 11.0 Å². The summed E-state index contributed by atoms with van der Waals surface area (Å²) >= 11 is 0. The smallest absolute Gasteiger partial charge is 0.466 e. The van der Waals surface area contributed by atoms with E-state index in [-0.39, 0.29) is 12.7 Å². The Balaban J connectivity index is 3.70. The van der Waals surface area contributed by atoms with Gasteiger partial charge in [-0.15, -0.1) is 0 Å². The standard InChI is InChI=1S/C16H21BF5NO5S/c1-5-28-11(24)7-10(23-29(27)15(2,3)4)12-13(18)8(16(20,21)22)6-9(14(12)19)17(25)26/h6,10,23,25-26H,5,7H2,1-4H3/t10-,29+/m0/s1. The van der Waals surface area contributed by atoms with Gasteiger partial charge in [-0.05, 0) is 33.8 Å². The van der Waals surface area contributed by atoms with Gasteiger partial charge in [0.25, 0.3) is 0 Å². The number of carbonyl (C=O) groups is 1. The summed E-state index contributed by atoms with van der Waals surface area (Å²) in [6.07, 6.45) is -6.15. The molecule has 3 N–H and O–H groups in total. The first-order valence-corrected chi connectivity index (χ1v) is 9.55. The Kier molecular flexibility index (Phi) is 8.34. The third kappa shape index (κ3) is 6.46. The monoisotopic (exact) mass is 445 g/mol. The fourth-order valence-electron chi connectivity index (χ4n) is 2.27. The summed E-state index contributed by atoms with van der Waals surface area (Å²) in [5, 5.41) is 18.4. The number of alkyl halides is 3. The number of rotatable bonds is 7. The van der Waals surface area contributed by atoms with E-state index in [2.05, 4.69) is 9.46 Å². The van der Waals surface area contributed by atoms with Crippen LogP contribution in [0.1, 0.15) is 51.3 Å². The number of nitrogens with one attached hydrogen (secondary N) is 1. The van der Waals surface area contributed by atoms with Crippen LogP contribution < -0.4 is 10.2 Å². The molecule has 29 heavy (non-hydrogen) atoms. The lowest BCUT2D eigenvalue weighted by Crippen LogP contribution is -2.40. The first-order valence-electron chi connectivity index (χ1n) is 8.40. The van der Waals surface area contributed by atoms with E-state index >= 15 is 0 Å². The quantitative estimate of drug-likeness (QED) is 0.338. The first kappa shape index (κ1) is 25.5. The van der Waals surface area contributed by atoms with Crippen LogP contribution >= 0.6 is 0 Å². The minimum absolute atomic E-state index is 0.0685. The zero-order valence-electron chi connectivity index (χ0n) is 16.1. The number of esters is 1. The Morgan fingerprint density at radius 2 is 1.79 bits per heavy atom. The third-order valence-electron chi connectivity index (χ3n) is 3.68. The summed E-state index contributed by atoms with van der Waals surface area (Å²) in [5.74, 6) is -4.79. The molecule has 0 saturated carbocycles. The van der Waals surface area contributed by atoms with Crippen molar-refractivity contribution < 1.29 is 45.7 Å². The summed E-state index contributed by atoms with van der Waals surface area (Å²) in [4.78, 5) is 11.9. The Morgan fingerprint density at radius 3 is 2.21 bits per heavy atom. The number of benzene rings is 1. The van der Waals surface area contributed by atoms with E-state index in [1.807, 2.05) is 0 Å². The van der Waals surface area contributed by atoms with Gasteiger partial charge in [-0.3, -0.25) is 4.79 Å². The number of hydrogen-bond acceptors (Lipinski definition) is 5. The zero-order valence-corrected chi connectivity index (χ0v) is 16.9. The number of halogens is 5.